The molecule has 2 aliphatic rings. The molecule has 1 saturated heterocycles. The highest BCUT2D eigenvalue weighted by molar-refractivity contribution is 7.22. The number of pyridine rings is 1. The van der Waals surface area contributed by atoms with Gasteiger partial charge in [0.25, 0.3) is 0 Å². The SMILES string of the molecule is N#Cc1cnc2nc(N3CCC[C@@H]3C(=O)NCc3ccccc3)sc2c1C1CC1. The quantitative estimate of drug-likeness (QED) is 0.702. The van der Waals surface area contributed by atoms with E-state index in [1.54, 1.807) is 17.5 Å². The van der Waals surface area contributed by atoms with E-state index in [9.17, 15) is 10.1 Å². The molecule has 3 heterocycles. The highest BCUT2D eigenvalue weighted by atomic mass is 32.1. The number of nitrogens with one attached hydrogen (secondary N) is 1. The fourth-order valence-corrected chi connectivity index (χ4v) is 5.27. The zero-order chi connectivity index (χ0) is 19.8. The number of hydrogen-bond donors (Lipinski definition) is 1. The standard InChI is InChI=1S/C22H21N5OS/c23-11-16-13-24-20-19(18(16)15-8-9-15)29-22(26-20)27-10-4-7-17(27)21(28)25-12-14-5-2-1-3-6-14/h1-3,5-6,13,15,17H,4,7-10,12H2,(H,25,28)/t17-/m1/s1. The number of rotatable bonds is 5. The van der Waals surface area contributed by atoms with Gasteiger partial charge in [-0.05, 0) is 42.7 Å². The van der Waals surface area contributed by atoms with Crippen molar-refractivity contribution >= 4 is 32.7 Å². The normalized spacial score (nSPS) is 18.7. The summed E-state index contributed by atoms with van der Waals surface area (Å²) in [5, 5.41) is 13.4. The first-order chi connectivity index (χ1) is 14.2. The van der Waals surface area contributed by atoms with E-state index in [2.05, 4.69) is 21.3 Å². The summed E-state index contributed by atoms with van der Waals surface area (Å²) in [5.74, 6) is 0.491. The number of thiazole rings is 1. The van der Waals surface area contributed by atoms with Crippen molar-refractivity contribution in [3.8, 4) is 6.07 Å². The molecule has 1 atom stereocenters. The van der Waals surface area contributed by atoms with Gasteiger partial charge in [-0.25, -0.2) is 4.98 Å². The summed E-state index contributed by atoms with van der Waals surface area (Å²) in [6, 6.07) is 12.0. The largest absolute Gasteiger partial charge is 0.350 e. The fourth-order valence-electron chi connectivity index (χ4n) is 4.04. The van der Waals surface area contributed by atoms with Crippen LogP contribution in [0.15, 0.2) is 36.5 Å². The molecule has 29 heavy (non-hydrogen) atoms. The number of benzene rings is 1. The van der Waals surface area contributed by atoms with Crippen molar-refractivity contribution < 1.29 is 4.79 Å². The first kappa shape index (κ1) is 18.1. The third kappa shape index (κ3) is 3.45. The number of nitriles is 1. The molecule has 0 unspecified atom stereocenters. The van der Waals surface area contributed by atoms with Crippen LogP contribution in [0.25, 0.3) is 10.3 Å². The molecule has 3 aromatic rings. The third-order valence-corrected chi connectivity index (χ3v) is 6.78. The Morgan fingerprint density at radius 2 is 2.10 bits per heavy atom. The minimum Gasteiger partial charge on any atom is -0.350 e. The number of aromatic nitrogens is 2. The van der Waals surface area contributed by atoms with Gasteiger partial charge in [0.1, 0.15) is 12.1 Å². The van der Waals surface area contributed by atoms with Crippen molar-refractivity contribution in [1.82, 2.24) is 15.3 Å². The Morgan fingerprint density at radius 1 is 1.28 bits per heavy atom. The number of amides is 1. The molecule has 5 rings (SSSR count). The first-order valence-electron chi connectivity index (χ1n) is 10.0. The van der Waals surface area contributed by atoms with Gasteiger partial charge in [-0.15, -0.1) is 0 Å². The van der Waals surface area contributed by atoms with Crippen LogP contribution in [-0.4, -0.2) is 28.5 Å². The molecule has 7 heteroatoms. The van der Waals surface area contributed by atoms with Crippen molar-refractivity contribution in [2.75, 3.05) is 11.4 Å². The molecule has 1 amide bonds. The van der Waals surface area contributed by atoms with Crippen LogP contribution in [0, 0.1) is 11.3 Å². The molecule has 6 nitrogen and oxygen atoms in total. The van der Waals surface area contributed by atoms with E-state index in [-0.39, 0.29) is 11.9 Å². The van der Waals surface area contributed by atoms with Crippen molar-refractivity contribution in [2.24, 2.45) is 0 Å². The van der Waals surface area contributed by atoms with Crippen LogP contribution in [0.1, 0.15) is 48.3 Å². The van der Waals surface area contributed by atoms with Gasteiger partial charge in [-0.1, -0.05) is 41.7 Å². The Bertz CT molecular complexity index is 1100. The predicted molar refractivity (Wildman–Crippen MR) is 113 cm³/mol. The first-order valence-corrected chi connectivity index (χ1v) is 10.8. The van der Waals surface area contributed by atoms with Gasteiger partial charge in [-0.2, -0.15) is 10.2 Å². The predicted octanol–water partition coefficient (Wildman–Crippen LogP) is 3.73. The molecule has 146 valence electrons. The molecule has 2 aromatic heterocycles. The summed E-state index contributed by atoms with van der Waals surface area (Å²) >= 11 is 1.58. The monoisotopic (exact) mass is 403 g/mol. The lowest BCUT2D eigenvalue weighted by Crippen LogP contribution is -2.43. The second-order valence-corrected chi connectivity index (χ2v) is 8.65. The van der Waals surface area contributed by atoms with Crippen LogP contribution in [0.3, 0.4) is 0 Å². The minimum atomic E-state index is -0.209. The summed E-state index contributed by atoms with van der Waals surface area (Å²) in [6.45, 7) is 1.34. The smallest absolute Gasteiger partial charge is 0.243 e. The van der Waals surface area contributed by atoms with Crippen molar-refractivity contribution in [3.05, 3.63) is 53.2 Å². The van der Waals surface area contributed by atoms with Crippen LogP contribution in [0.2, 0.25) is 0 Å². The lowest BCUT2D eigenvalue weighted by Gasteiger charge is -2.23. The third-order valence-electron chi connectivity index (χ3n) is 5.67. The second kappa shape index (κ2) is 7.45. The van der Waals surface area contributed by atoms with Crippen LogP contribution >= 0.6 is 11.3 Å². The molecule has 1 aliphatic carbocycles. The molecule has 1 aliphatic heterocycles. The Morgan fingerprint density at radius 3 is 2.86 bits per heavy atom. The number of nitrogens with zero attached hydrogens (tertiary/aromatic N) is 4. The van der Waals surface area contributed by atoms with Gasteiger partial charge in [0.15, 0.2) is 10.8 Å². The van der Waals surface area contributed by atoms with E-state index in [0.717, 1.165) is 53.2 Å². The Labute approximate surface area is 173 Å². The van der Waals surface area contributed by atoms with Gasteiger partial charge in [-0.3, -0.25) is 4.79 Å². The van der Waals surface area contributed by atoms with E-state index < -0.39 is 0 Å². The minimum absolute atomic E-state index is 0.0405. The maximum absolute atomic E-state index is 12.9. The molecule has 1 N–H and O–H groups in total. The van der Waals surface area contributed by atoms with Crippen LogP contribution in [0.4, 0.5) is 5.13 Å². The van der Waals surface area contributed by atoms with Gasteiger partial charge in [0, 0.05) is 19.3 Å². The van der Waals surface area contributed by atoms with Crippen molar-refractivity contribution in [2.45, 2.75) is 44.2 Å². The number of carbonyl (C=O) groups excluding carboxylic acids is 1. The van der Waals surface area contributed by atoms with Crippen molar-refractivity contribution in [3.63, 3.8) is 0 Å². The number of hydrogen-bond acceptors (Lipinski definition) is 6. The molecule has 1 saturated carbocycles. The zero-order valence-corrected chi connectivity index (χ0v) is 16.8. The lowest BCUT2D eigenvalue weighted by atomic mass is 10.1. The Balaban J connectivity index is 1.39. The topological polar surface area (TPSA) is 81.9 Å². The number of anilines is 1. The average molecular weight is 404 g/mol. The summed E-state index contributed by atoms with van der Waals surface area (Å²) in [5.41, 5.74) is 3.55. The molecule has 0 radical (unpaired) electrons. The summed E-state index contributed by atoms with van der Waals surface area (Å²) in [7, 11) is 0. The van der Waals surface area contributed by atoms with E-state index in [0.29, 0.717) is 23.7 Å². The van der Waals surface area contributed by atoms with Gasteiger partial charge in [0.05, 0.1) is 10.3 Å². The van der Waals surface area contributed by atoms with Gasteiger partial charge in [0.2, 0.25) is 5.91 Å². The summed E-state index contributed by atoms with van der Waals surface area (Å²) in [6.07, 6.45) is 5.67. The molecular weight excluding hydrogens is 382 g/mol. The maximum Gasteiger partial charge on any atom is 0.243 e. The average Bonchev–Trinajstić information content (AvgIpc) is 3.30. The Kier molecular flexibility index (Phi) is 4.64. The van der Waals surface area contributed by atoms with Gasteiger partial charge >= 0.3 is 0 Å². The lowest BCUT2D eigenvalue weighted by molar-refractivity contribution is -0.122. The molecular formula is C22H21N5OS. The van der Waals surface area contributed by atoms with Crippen LogP contribution in [-0.2, 0) is 11.3 Å². The van der Waals surface area contributed by atoms with Gasteiger partial charge < -0.3 is 10.2 Å². The number of fused-ring (bicyclic) bond motifs is 1. The van der Waals surface area contributed by atoms with Crippen LogP contribution < -0.4 is 10.2 Å². The molecule has 1 aromatic carbocycles. The highest BCUT2D eigenvalue weighted by Crippen LogP contribution is 2.47. The van der Waals surface area contributed by atoms with E-state index in [4.69, 9.17) is 4.98 Å². The van der Waals surface area contributed by atoms with Crippen molar-refractivity contribution in [1.29, 1.82) is 5.26 Å². The van der Waals surface area contributed by atoms with Crippen LogP contribution in [0.5, 0.6) is 0 Å². The molecule has 0 bridgehead atoms. The molecule has 0 spiro atoms. The van der Waals surface area contributed by atoms with E-state index >= 15 is 0 Å². The fraction of sp³-hybridized carbons (Fsp3) is 0.364. The maximum atomic E-state index is 12.9. The summed E-state index contributed by atoms with van der Waals surface area (Å²) < 4.78 is 1.01. The Hall–Kier alpha value is -2.98. The van der Waals surface area contributed by atoms with E-state index in [1.165, 1.54) is 0 Å². The second-order valence-electron chi connectivity index (χ2n) is 7.68. The molecule has 2 fully saturated rings. The number of carbonyl (C=O) groups is 1. The highest BCUT2D eigenvalue weighted by Gasteiger charge is 2.34. The summed E-state index contributed by atoms with van der Waals surface area (Å²) in [4.78, 5) is 24.1. The zero-order valence-electron chi connectivity index (χ0n) is 16.0. The van der Waals surface area contributed by atoms with E-state index in [1.807, 2.05) is 30.3 Å².